The molecule has 0 aliphatic carbocycles. The molecule has 1 aromatic carbocycles. The number of carbonyl (C=O) groups excluding carboxylic acids is 1. The lowest BCUT2D eigenvalue weighted by molar-refractivity contribution is -0.133. The summed E-state index contributed by atoms with van der Waals surface area (Å²) in [6.07, 6.45) is 2.30. The SMILES string of the molecule is C[C@@H]1CCCN(C(=O)[C@H](C)Nc2cc(Cl)ccc2N2CCOCC2)C1. The molecule has 0 spiro atoms. The number of nitrogens with one attached hydrogen (secondary N) is 1. The van der Waals surface area contributed by atoms with Crippen LogP contribution in [0.15, 0.2) is 18.2 Å². The second kappa shape index (κ2) is 8.28. The Kier molecular flexibility index (Phi) is 6.07. The predicted molar refractivity (Wildman–Crippen MR) is 103 cm³/mol. The standard InChI is InChI=1S/C19H28ClN3O2/c1-14-4-3-7-23(13-14)19(24)15(2)21-17-12-16(20)5-6-18(17)22-8-10-25-11-9-22/h5-6,12,14-15,21H,3-4,7-11,13H2,1-2H3/t14-,15+/m1/s1. The lowest BCUT2D eigenvalue weighted by atomic mass is 10.00. The highest BCUT2D eigenvalue weighted by molar-refractivity contribution is 6.31. The molecule has 0 saturated carbocycles. The smallest absolute Gasteiger partial charge is 0.244 e. The fourth-order valence-electron chi connectivity index (χ4n) is 3.66. The van der Waals surface area contributed by atoms with Crippen LogP contribution >= 0.6 is 11.6 Å². The number of morpholine rings is 1. The molecule has 0 bridgehead atoms. The Morgan fingerprint density at radius 3 is 2.80 bits per heavy atom. The summed E-state index contributed by atoms with van der Waals surface area (Å²) in [7, 11) is 0. The highest BCUT2D eigenvalue weighted by Gasteiger charge is 2.26. The highest BCUT2D eigenvalue weighted by atomic mass is 35.5. The average Bonchev–Trinajstić information content (AvgIpc) is 2.62. The van der Waals surface area contributed by atoms with E-state index in [-0.39, 0.29) is 11.9 Å². The lowest BCUT2D eigenvalue weighted by Gasteiger charge is -2.34. The summed E-state index contributed by atoms with van der Waals surface area (Å²) in [4.78, 5) is 17.1. The summed E-state index contributed by atoms with van der Waals surface area (Å²) < 4.78 is 5.44. The summed E-state index contributed by atoms with van der Waals surface area (Å²) in [5.74, 6) is 0.749. The Hall–Kier alpha value is -1.46. The van der Waals surface area contributed by atoms with E-state index in [2.05, 4.69) is 17.1 Å². The number of rotatable bonds is 4. The molecular formula is C19H28ClN3O2. The number of hydrogen-bond acceptors (Lipinski definition) is 4. The molecule has 2 saturated heterocycles. The van der Waals surface area contributed by atoms with Crippen LogP contribution in [-0.4, -0.2) is 56.2 Å². The molecule has 2 fully saturated rings. The second-order valence-electron chi connectivity index (χ2n) is 7.16. The van der Waals surface area contributed by atoms with Crippen LogP contribution in [0.25, 0.3) is 0 Å². The first-order chi connectivity index (χ1) is 12.0. The maximum Gasteiger partial charge on any atom is 0.244 e. The first-order valence-corrected chi connectivity index (χ1v) is 9.60. The van der Waals surface area contributed by atoms with Crippen LogP contribution in [0.3, 0.4) is 0 Å². The van der Waals surface area contributed by atoms with Crippen LogP contribution in [0, 0.1) is 5.92 Å². The number of ether oxygens (including phenoxy) is 1. The summed E-state index contributed by atoms with van der Waals surface area (Å²) in [6, 6.07) is 5.56. The van der Waals surface area contributed by atoms with Crippen LogP contribution in [0.2, 0.25) is 5.02 Å². The van der Waals surface area contributed by atoms with E-state index >= 15 is 0 Å². The van der Waals surface area contributed by atoms with Crippen molar-refractivity contribution in [3.8, 4) is 0 Å². The number of anilines is 2. The molecule has 0 aromatic heterocycles. The Morgan fingerprint density at radius 1 is 1.32 bits per heavy atom. The minimum absolute atomic E-state index is 0.166. The third-order valence-corrected chi connectivity index (χ3v) is 5.26. The van der Waals surface area contributed by atoms with Gasteiger partial charge < -0.3 is 19.9 Å². The number of hydrogen-bond donors (Lipinski definition) is 1. The predicted octanol–water partition coefficient (Wildman–Crippen LogP) is 3.24. The molecule has 2 heterocycles. The van der Waals surface area contributed by atoms with Crippen molar-refractivity contribution in [3.63, 3.8) is 0 Å². The van der Waals surface area contributed by atoms with Gasteiger partial charge in [-0.15, -0.1) is 0 Å². The van der Waals surface area contributed by atoms with Crippen molar-refractivity contribution in [2.75, 3.05) is 49.6 Å². The molecule has 2 atom stereocenters. The van der Waals surface area contributed by atoms with Crippen molar-refractivity contribution in [1.82, 2.24) is 4.90 Å². The van der Waals surface area contributed by atoms with Gasteiger partial charge in [0.2, 0.25) is 5.91 Å². The van der Waals surface area contributed by atoms with Crippen molar-refractivity contribution in [2.45, 2.75) is 32.7 Å². The third-order valence-electron chi connectivity index (χ3n) is 5.02. The van der Waals surface area contributed by atoms with Gasteiger partial charge in [-0.05, 0) is 43.9 Å². The number of likely N-dealkylation sites (tertiary alicyclic amines) is 1. The molecule has 1 amide bonds. The number of amides is 1. The lowest BCUT2D eigenvalue weighted by Crippen LogP contribution is -2.46. The van der Waals surface area contributed by atoms with Crippen molar-refractivity contribution >= 4 is 28.9 Å². The van der Waals surface area contributed by atoms with Gasteiger partial charge in [-0.25, -0.2) is 0 Å². The van der Waals surface area contributed by atoms with E-state index in [9.17, 15) is 4.79 Å². The minimum Gasteiger partial charge on any atom is -0.378 e. The Bertz CT molecular complexity index is 604. The topological polar surface area (TPSA) is 44.8 Å². The zero-order chi connectivity index (χ0) is 17.8. The van der Waals surface area contributed by atoms with Crippen LogP contribution < -0.4 is 10.2 Å². The number of halogens is 1. The molecule has 1 N–H and O–H groups in total. The fourth-order valence-corrected chi connectivity index (χ4v) is 3.83. The Balaban J connectivity index is 1.72. The number of piperidine rings is 1. The van der Waals surface area contributed by atoms with Crippen molar-refractivity contribution in [2.24, 2.45) is 5.92 Å². The van der Waals surface area contributed by atoms with E-state index in [0.717, 1.165) is 57.2 Å². The summed E-state index contributed by atoms with van der Waals surface area (Å²) in [5, 5.41) is 4.07. The van der Waals surface area contributed by atoms with Crippen molar-refractivity contribution < 1.29 is 9.53 Å². The molecule has 3 rings (SSSR count). The number of benzene rings is 1. The Labute approximate surface area is 155 Å². The van der Waals surface area contributed by atoms with E-state index in [1.807, 2.05) is 30.0 Å². The van der Waals surface area contributed by atoms with Gasteiger partial charge in [0.1, 0.15) is 6.04 Å². The summed E-state index contributed by atoms with van der Waals surface area (Å²) in [5.41, 5.74) is 2.00. The average molecular weight is 366 g/mol. The van der Waals surface area contributed by atoms with E-state index in [0.29, 0.717) is 10.9 Å². The van der Waals surface area contributed by atoms with E-state index in [1.165, 1.54) is 6.42 Å². The van der Waals surface area contributed by atoms with E-state index < -0.39 is 0 Å². The van der Waals surface area contributed by atoms with Crippen LogP contribution in [0.5, 0.6) is 0 Å². The largest absolute Gasteiger partial charge is 0.378 e. The third kappa shape index (κ3) is 4.59. The molecular weight excluding hydrogens is 338 g/mol. The zero-order valence-electron chi connectivity index (χ0n) is 15.1. The van der Waals surface area contributed by atoms with E-state index in [1.54, 1.807) is 0 Å². The number of carbonyl (C=O) groups is 1. The van der Waals surface area contributed by atoms with Crippen LogP contribution in [0.4, 0.5) is 11.4 Å². The van der Waals surface area contributed by atoms with E-state index in [4.69, 9.17) is 16.3 Å². The molecule has 25 heavy (non-hydrogen) atoms. The van der Waals surface area contributed by atoms with Crippen molar-refractivity contribution in [3.05, 3.63) is 23.2 Å². The molecule has 0 unspecified atom stereocenters. The zero-order valence-corrected chi connectivity index (χ0v) is 15.9. The monoisotopic (exact) mass is 365 g/mol. The van der Waals surface area contributed by atoms with Gasteiger partial charge in [-0.1, -0.05) is 18.5 Å². The quantitative estimate of drug-likeness (QED) is 0.889. The molecule has 138 valence electrons. The molecule has 2 aliphatic heterocycles. The van der Waals surface area contributed by atoms with Crippen LogP contribution in [-0.2, 0) is 9.53 Å². The van der Waals surface area contributed by atoms with Gasteiger partial charge in [-0.2, -0.15) is 0 Å². The first kappa shape index (κ1) is 18.3. The maximum absolute atomic E-state index is 12.8. The molecule has 5 nitrogen and oxygen atoms in total. The molecule has 6 heteroatoms. The molecule has 2 aliphatic rings. The Morgan fingerprint density at radius 2 is 2.08 bits per heavy atom. The minimum atomic E-state index is -0.274. The van der Waals surface area contributed by atoms with Crippen LogP contribution in [0.1, 0.15) is 26.7 Å². The van der Waals surface area contributed by atoms with Gasteiger partial charge in [0.05, 0.1) is 24.6 Å². The second-order valence-corrected chi connectivity index (χ2v) is 7.60. The molecule has 0 radical (unpaired) electrons. The van der Waals surface area contributed by atoms with Gasteiger partial charge in [-0.3, -0.25) is 4.79 Å². The van der Waals surface area contributed by atoms with Crippen molar-refractivity contribution in [1.29, 1.82) is 0 Å². The maximum atomic E-state index is 12.8. The van der Waals surface area contributed by atoms with Gasteiger partial charge in [0.25, 0.3) is 0 Å². The molecule has 1 aromatic rings. The highest BCUT2D eigenvalue weighted by Crippen LogP contribution is 2.30. The fraction of sp³-hybridized carbons (Fsp3) is 0.632. The van der Waals surface area contributed by atoms with Gasteiger partial charge >= 0.3 is 0 Å². The van der Waals surface area contributed by atoms with Gasteiger partial charge in [0, 0.05) is 31.2 Å². The summed E-state index contributed by atoms with van der Waals surface area (Å²) >= 11 is 6.21. The number of nitrogens with zero attached hydrogens (tertiary/aromatic N) is 2. The normalized spacial score (nSPS) is 22.6. The summed E-state index contributed by atoms with van der Waals surface area (Å²) in [6.45, 7) is 9.02. The first-order valence-electron chi connectivity index (χ1n) is 9.22. The van der Waals surface area contributed by atoms with Gasteiger partial charge in [0.15, 0.2) is 0 Å².